The van der Waals surface area contributed by atoms with Crippen molar-refractivity contribution in [1.82, 2.24) is 0 Å². The molecule has 0 unspecified atom stereocenters. The number of rotatable bonds is 3. The number of benzene rings is 1. The standard InChI is InChI=1S/C16H20N2O3/c19-14-9-11-8-12(4-5-13(11)18-14)17-15(20)10-16(21)6-2-1-3-7-16/h4-5,8,21H,1-3,6-7,9-10H2,(H,17,20)(H,18,19). The van der Waals surface area contributed by atoms with Crippen LogP contribution in [0.25, 0.3) is 0 Å². The molecule has 3 N–H and O–H groups in total. The van der Waals surface area contributed by atoms with E-state index in [1.165, 1.54) is 0 Å². The Kier molecular flexibility index (Phi) is 3.68. The zero-order chi connectivity index (χ0) is 14.9. The highest BCUT2D eigenvalue weighted by Crippen LogP contribution is 2.31. The molecule has 1 aromatic rings. The summed E-state index contributed by atoms with van der Waals surface area (Å²) in [5, 5.41) is 16.0. The summed E-state index contributed by atoms with van der Waals surface area (Å²) in [6.07, 6.45) is 4.99. The fourth-order valence-corrected chi connectivity index (χ4v) is 3.20. The second-order valence-electron chi connectivity index (χ2n) is 6.11. The Balaban J connectivity index is 1.63. The van der Waals surface area contributed by atoms with Crippen molar-refractivity contribution in [2.24, 2.45) is 0 Å². The lowest BCUT2D eigenvalue weighted by molar-refractivity contribution is -0.122. The zero-order valence-electron chi connectivity index (χ0n) is 11.9. The van der Waals surface area contributed by atoms with E-state index in [2.05, 4.69) is 10.6 Å². The molecule has 1 aliphatic heterocycles. The van der Waals surface area contributed by atoms with Gasteiger partial charge < -0.3 is 15.7 Å². The summed E-state index contributed by atoms with van der Waals surface area (Å²) in [4.78, 5) is 23.4. The van der Waals surface area contributed by atoms with E-state index in [1.807, 2.05) is 6.07 Å². The van der Waals surface area contributed by atoms with Gasteiger partial charge in [0.05, 0.1) is 18.4 Å². The van der Waals surface area contributed by atoms with Crippen molar-refractivity contribution in [3.05, 3.63) is 23.8 Å². The molecule has 3 rings (SSSR count). The van der Waals surface area contributed by atoms with Gasteiger partial charge in [-0.3, -0.25) is 9.59 Å². The Hall–Kier alpha value is -1.88. The minimum absolute atomic E-state index is 0.0232. The molecule has 2 amide bonds. The number of anilines is 2. The van der Waals surface area contributed by atoms with Crippen molar-refractivity contribution in [3.63, 3.8) is 0 Å². The minimum atomic E-state index is -0.851. The van der Waals surface area contributed by atoms with Gasteiger partial charge >= 0.3 is 0 Å². The van der Waals surface area contributed by atoms with Gasteiger partial charge in [-0.1, -0.05) is 19.3 Å². The largest absolute Gasteiger partial charge is 0.389 e. The van der Waals surface area contributed by atoms with E-state index >= 15 is 0 Å². The number of aliphatic hydroxyl groups is 1. The maximum atomic E-state index is 12.1. The Bertz CT molecular complexity index is 577. The molecule has 1 aromatic carbocycles. The molecule has 0 radical (unpaired) electrons. The number of carbonyl (C=O) groups is 2. The van der Waals surface area contributed by atoms with Crippen LogP contribution in [-0.4, -0.2) is 22.5 Å². The number of amides is 2. The minimum Gasteiger partial charge on any atom is -0.389 e. The first-order chi connectivity index (χ1) is 10.0. The molecular formula is C16H20N2O3. The molecule has 112 valence electrons. The molecule has 1 saturated carbocycles. The lowest BCUT2D eigenvalue weighted by atomic mass is 9.82. The van der Waals surface area contributed by atoms with E-state index in [9.17, 15) is 14.7 Å². The first-order valence-corrected chi connectivity index (χ1v) is 7.49. The fourth-order valence-electron chi connectivity index (χ4n) is 3.20. The summed E-state index contributed by atoms with van der Waals surface area (Å²) in [5.41, 5.74) is 1.53. The van der Waals surface area contributed by atoms with E-state index < -0.39 is 5.60 Å². The van der Waals surface area contributed by atoms with Crippen molar-refractivity contribution in [3.8, 4) is 0 Å². The highest BCUT2D eigenvalue weighted by Gasteiger charge is 2.31. The summed E-state index contributed by atoms with van der Waals surface area (Å²) in [6, 6.07) is 5.38. The molecule has 5 heteroatoms. The summed E-state index contributed by atoms with van der Waals surface area (Å²) in [6.45, 7) is 0. The highest BCUT2D eigenvalue weighted by atomic mass is 16.3. The van der Waals surface area contributed by atoms with E-state index in [0.29, 0.717) is 24.9 Å². The summed E-state index contributed by atoms with van der Waals surface area (Å²) in [7, 11) is 0. The summed E-state index contributed by atoms with van der Waals surface area (Å²) in [5.74, 6) is -0.193. The number of hydrogen-bond acceptors (Lipinski definition) is 3. The number of fused-ring (bicyclic) bond motifs is 1. The second kappa shape index (κ2) is 5.48. The van der Waals surface area contributed by atoms with E-state index in [-0.39, 0.29) is 18.2 Å². The third-order valence-corrected chi connectivity index (χ3v) is 4.29. The van der Waals surface area contributed by atoms with Crippen LogP contribution in [0.4, 0.5) is 11.4 Å². The molecule has 1 fully saturated rings. The number of hydrogen-bond donors (Lipinski definition) is 3. The second-order valence-corrected chi connectivity index (χ2v) is 6.11. The Morgan fingerprint density at radius 2 is 2.05 bits per heavy atom. The van der Waals surface area contributed by atoms with Gasteiger partial charge in [0.25, 0.3) is 0 Å². The monoisotopic (exact) mass is 288 g/mol. The average Bonchev–Trinajstić information content (AvgIpc) is 2.78. The van der Waals surface area contributed by atoms with Gasteiger partial charge in [0.1, 0.15) is 0 Å². The third kappa shape index (κ3) is 3.24. The smallest absolute Gasteiger partial charge is 0.228 e. The van der Waals surface area contributed by atoms with Crippen molar-refractivity contribution in [2.45, 2.75) is 50.5 Å². The Labute approximate surface area is 123 Å². The molecule has 1 heterocycles. The van der Waals surface area contributed by atoms with Crippen molar-refractivity contribution in [2.75, 3.05) is 10.6 Å². The van der Waals surface area contributed by atoms with Crippen LogP contribution in [-0.2, 0) is 16.0 Å². The molecule has 0 aromatic heterocycles. The quantitative estimate of drug-likeness (QED) is 0.798. The molecule has 2 aliphatic rings. The SMILES string of the molecule is O=C(CC1(O)CCCCC1)Nc1ccc2c(c1)CC(=O)N2. The van der Waals surface area contributed by atoms with Gasteiger partial charge in [-0.15, -0.1) is 0 Å². The van der Waals surface area contributed by atoms with Crippen LogP contribution in [0.1, 0.15) is 44.1 Å². The topological polar surface area (TPSA) is 78.4 Å². The maximum Gasteiger partial charge on any atom is 0.228 e. The Morgan fingerprint density at radius 1 is 1.29 bits per heavy atom. The lowest BCUT2D eigenvalue weighted by Gasteiger charge is -2.31. The molecule has 0 bridgehead atoms. The fraction of sp³-hybridized carbons (Fsp3) is 0.500. The van der Waals surface area contributed by atoms with Crippen LogP contribution in [0.3, 0.4) is 0 Å². The van der Waals surface area contributed by atoms with Crippen LogP contribution in [0.15, 0.2) is 18.2 Å². The van der Waals surface area contributed by atoms with Gasteiger partial charge in [0, 0.05) is 11.4 Å². The molecule has 21 heavy (non-hydrogen) atoms. The predicted octanol–water partition coefficient (Wildman–Crippen LogP) is 2.20. The van der Waals surface area contributed by atoms with E-state index in [4.69, 9.17) is 0 Å². The van der Waals surface area contributed by atoms with Gasteiger partial charge in [-0.2, -0.15) is 0 Å². The molecule has 0 saturated heterocycles. The van der Waals surface area contributed by atoms with Crippen LogP contribution in [0, 0.1) is 0 Å². The average molecular weight is 288 g/mol. The van der Waals surface area contributed by atoms with Gasteiger partial charge in [-0.05, 0) is 36.6 Å². The van der Waals surface area contributed by atoms with Crippen LogP contribution >= 0.6 is 0 Å². The number of nitrogens with one attached hydrogen (secondary N) is 2. The molecule has 0 atom stereocenters. The molecule has 1 aliphatic carbocycles. The predicted molar refractivity (Wildman–Crippen MR) is 80.1 cm³/mol. The van der Waals surface area contributed by atoms with E-state index in [0.717, 1.165) is 30.5 Å². The Morgan fingerprint density at radius 3 is 2.81 bits per heavy atom. The van der Waals surface area contributed by atoms with Crippen molar-refractivity contribution in [1.29, 1.82) is 0 Å². The first kappa shape index (κ1) is 14.1. The molecule has 5 nitrogen and oxygen atoms in total. The summed E-state index contributed by atoms with van der Waals surface area (Å²) < 4.78 is 0. The van der Waals surface area contributed by atoms with Gasteiger partial charge in [-0.25, -0.2) is 0 Å². The summed E-state index contributed by atoms with van der Waals surface area (Å²) >= 11 is 0. The van der Waals surface area contributed by atoms with E-state index in [1.54, 1.807) is 12.1 Å². The third-order valence-electron chi connectivity index (χ3n) is 4.29. The van der Waals surface area contributed by atoms with Gasteiger partial charge in [0.2, 0.25) is 11.8 Å². The van der Waals surface area contributed by atoms with Crippen molar-refractivity contribution < 1.29 is 14.7 Å². The highest BCUT2D eigenvalue weighted by molar-refractivity contribution is 6.00. The van der Waals surface area contributed by atoms with Crippen molar-refractivity contribution >= 4 is 23.2 Å². The molecule has 0 spiro atoms. The zero-order valence-corrected chi connectivity index (χ0v) is 11.9. The number of carbonyl (C=O) groups excluding carboxylic acids is 2. The lowest BCUT2D eigenvalue weighted by Crippen LogP contribution is -2.35. The van der Waals surface area contributed by atoms with Crippen LogP contribution in [0.2, 0.25) is 0 Å². The maximum absolute atomic E-state index is 12.1. The van der Waals surface area contributed by atoms with Crippen LogP contribution < -0.4 is 10.6 Å². The first-order valence-electron chi connectivity index (χ1n) is 7.49. The van der Waals surface area contributed by atoms with Crippen LogP contribution in [0.5, 0.6) is 0 Å². The molecular weight excluding hydrogens is 268 g/mol. The van der Waals surface area contributed by atoms with Gasteiger partial charge in [0.15, 0.2) is 0 Å². The normalized spacial score (nSPS) is 19.8.